The van der Waals surface area contributed by atoms with Crippen LogP contribution in [0.1, 0.15) is 20.3 Å². The highest BCUT2D eigenvalue weighted by atomic mass is 35.5. The second-order valence-electron chi connectivity index (χ2n) is 6.57. The van der Waals surface area contributed by atoms with Gasteiger partial charge in [0.15, 0.2) is 5.13 Å². The molecule has 0 aliphatic carbocycles. The lowest BCUT2D eigenvalue weighted by Crippen LogP contribution is -2.39. The standard InChI is InChI=1S/C22H26ClN3O2S.ClH/c1-3-25(4-2)14-15-26(20(27)13-16-28-17-9-6-5-7-10-17)22-24-21-18(23)11-8-12-19(21)29-22;/h5-12H,3-4,13-16H2,1-2H3;1H. The zero-order valence-electron chi connectivity index (χ0n) is 17.2. The molecule has 30 heavy (non-hydrogen) atoms. The monoisotopic (exact) mass is 467 g/mol. The Hall–Kier alpha value is -1.86. The first-order valence-electron chi connectivity index (χ1n) is 9.88. The van der Waals surface area contributed by atoms with E-state index in [9.17, 15) is 4.79 Å². The molecular weight excluding hydrogens is 441 g/mol. The van der Waals surface area contributed by atoms with Crippen LogP contribution in [-0.2, 0) is 4.79 Å². The molecule has 1 amide bonds. The lowest BCUT2D eigenvalue weighted by atomic mass is 10.3. The van der Waals surface area contributed by atoms with Crippen molar-refractivity contribution in [3.63, 3.8) is 0 Å². The molecule has 3 rings (SSSR count). The van der Waals surface area contributed by atoms with Crippen LogP contribution in [0, 0.1) is 0 Å². The van der Waals surface area contributed by atoms with Gasteiger partial charge in [-0.1, -0.05) is 61.1 Å². The molecule has 0 aliphatic heterocycles. The summed E-state index contributed by atoms with van der Waals surface area (Å²) in [6.45, 7) is 7.85. The van der Waals surface area contributed by atoms with Gasteiger partial charge in [0, 0.05) is 13.1 Å². The van der Waals surface area contributed by atoms with Crippen molar-refractivity contribution in [1.82, 2.24) is 9.88 Å². The maximum absolute atomic E-state index is 13.0. The van der Waals surface area contributed by atoms with Crippen molar-refractivity contribution in [2.75, 3.05) is 37.7 Å². The summed E-state index contributed by atoms with van der Waals surface area (Å²) < 4.78 is 6.69. The smallest absolute Gasteiger partial charge is 0.232 e. The Morgan fingerprint density at radius 1 is 1.07 bits per heavy atom. The fourth-order valence-corrected chi connectivity index (χ4v) is 4.34. The number of carbonyl (C=O) groups excluding carboxylic acids is 1. The minimum atomic E-state index is 0. The zero-order valence-corrected chi connectivity index (χ0v) is 19.6. The normalized spacial score (nSPS) is 10.8. The number of aromatic nitrogens is 1. The molecule has 0 bridgehead atoms. The van der Waals surface area contributed by atoms with Gasteiger partial charge >= 0.3 is 0 Å². The van der Waals surface area contributed by atoms with Gasteiger partial charge in [-0.2, -0.15) is 0 Å². The van der Waals surface area contributed by atoms with E-state index in [1.807, 2.05) is 48.5 Å². The van der Waals surface area contributed by atoms with Gasteiger partial charge in [0.1, 0.15) is 11.3 Å². The number of hydrogen-bond acceptors (Lipinski definition) is 5. The van der Waals surface area contributed by atoms with Crippen LogP contribution in [0.4, 0.5) is 5.13 Å². The first-order valence-corrected chi connectivity index (χ1v) is 11.1. The van der Waals surface area contributed by atoms with E-state index in [0.29, 0.717) is 23.3 Å². The predicted molar refractivity (Wildman–Crippen MR) is 129 cm³/mol. The summed E-state index contributed by atoms with van der Waals surface area (Å²) in [6, 6.07) is 15.2. The number of thiazole rings is 1. The fourth-order valence-electron chi connectivity index (χ4n) is 3.03. The van der Waals surface area contributed by atoms with E-state index in [2.05, 4.69) is 23.7 Å². The summed E-state index contributed by atoms with van der Waals surface area (Å²) in [5, 5.41) is 1.29. The van der Waals surface area contributed by atoms with Crippen LogP contribution in [0.25, 0.3) is 10.2 Å². The molecule has 5 nitrogen and oxygen atoms in total. The van der Waals surface area contributed by atoms with E-state index in [4.69, 9.17) is 16.3 Å². The number of anilines is 1. The van der Waals surface area contributed by atoms with Crippen molar-refractivity contribution in [3.8, 4) is 5.75 Å². The number of nitrogens with zero attached hydrogens (tertiary/aromatic N) is 3. The Balaban J connectivity index is 0.00000320. The number of likely N-dealkylation sites (N-methyl/N-ethyl adjacent to an activating group) is 1. The maximum Gasteiger partial charge on any atom is 0.232 e. The second-order valence-corrected chi connectivity index (χ2v) is 7.98. The van der Waals surface area contributed by atoms with E-state index in [0.717, 1.165) is 35.6 Å². The average molecular weight is 468 g/mol. The number of ether oxygens (including phenoxy) is 1. The lowest BCUT2D eigenvalue weighted by Gasteiger charge is -2.24. The molecule has 3 aromatic rings. The van der Waals surface area contributed by atoms with E-state index < -0.39 is 0 Å². The largest absolute Gasteiger partial charge is 0.493 e. The Kier molecular flexibility index (Phi) is 9.85. The van der Waals surface area contributed by atoms with Crippen molar-refractivity contribution in [2.45, 2.75) is 20.3 Å². The Bertz CT molecular complexity index is 933. The molecule has 8 heteroatoms. The molecule has 0 atom stereocenters. The number of rotatable bonds is 10. The van der Waals surface area contributed by atoms with Gasteiger partial charge in [0.05, 0.1) is 22.8 Å². The molecule has 0 spiro atoms. The molecule has 0 N–H and O–H groups in total. The van der Waals surface area contributed by atoms with Crippen molar-refractivity contribution >= 4 is 56.6 Å². The number of para-hydroxylation sites is 2. The highest BCUT2D eigenvalue weighted by Crippen LogP contribution is 2.33. The van der Waals surface area contributed by atoms with Gasteiger partial charge in [-0.05, 0) is 37.4 Å². The third kappa shape index (κ3) is 6.32. The van der Waals surface area contributed by atoms with E-state index in [1.54, 1.807) is 4.90 Å². The number of halogens is 2. The SMILES string of the molecule is CCN(CC)CCN(C(=O)CCOc1ccccc1)c1nc2c(Cl)cccc2s1.Cl. The van der Waals surface area contributed by atoms with Crippen LogP contribution in [0.3, 0.4) is 0 Å². The number of carbonyl (C=O) groups is 1. The van der Waals surface area contributed by atoms with E-state index in [-0.39, 0.29) is 24.7 Å². The third-order valence-electron chi connectivity index (χ3n) is 4.75. The maximum atomic E-state index is 13.0. The minimum absolute atomic E-state index is 0. The van der Waals surface area contributed by atoms with Crippen molar-refractivity contribution in [3.05, 3.63) is 53.6 Å². The summed E-state index contributed by atoms with van der Waals surface area (Å²) in [5.74, 6) is 0.769. The fraction of sp³-hybridized carbons (Fsp3) is 0.364. The molecule has 0 aliphatic rings. The van der Waals surface area contributed by atoms with Gasteiger partial charge in [0.25, 0.3) is 0 Å². The highest BCUT2D eigenvalue weighted by molar-refractivity contribution is 7.22. The molecule has 0 unspecified atom stereocenters. The summed E-state index contributed by atoms with van der Waals surface area (Å²) in [5.41, 5.74) is 0.746. The summed E-state index contributed by atoms with van der Waals surface area (Å²) in [6.07, 6.45) is 0.288. The number of benzene rings is 2. The molecule has 0 fully saturated rings. The quantitative estimate of drug-likeness (QED) is 0.393. The van der Waals surface area contributed by atoms with E-state index in [1.165, 1.54) is 11.3 Å². The van der Waals surface area contributed by atoms with Crippen LogP contribution in [-0.4, -0.2) is 48.6 Å². The molecule has 0 saturated carbocycles. The molecule has 0 saturated heterocycles. The van der Waals surface area contributed by atoms with Crippen LogP contribution in [0.5, 0.6) is 5.75 Å². The molecular formula is C22H27Cl2N3O2S. The second kappa shape index (κ2) is 12.1. The van der Waals surface area contributed by atoms with Crippen LogP contribution in [0.2, 0.25) is 5.02 Å². The first kappa shape index (κ1) is 24.4. The van der Waals surface area contributed by atoms with Crippen LogP contribution in [0.15, 0.2) is 48.5 Å². The van der Waals surface area contributed by atoms with E-state index >= 15 is 0 Å². The summed E-state index contributed by atoms with van der Waals surface area (Å²) >= 11 is 7.79. The van der Waals surface area contributed by atoms with Gasteiger partial charge in [-0.15, -0.1) is 12.4 Å². The molecule has 0 radical (unpaired) electrons. The minimum Gasteiger partial charge on any atom is -0.493 e. The number of hydrogen-bond donors (Lipinski definition) is 0. The average Bonchev–Trinajstić information content (AvgIpc) is 3.17. The highest BCUT2D eigenvalue weighted by Gasteiger charge is 2.21. The zero-order chi connectivity index (χ0) is 20.6. The molecule has 2 aromatic carbocycles. The Morgan fingerprint density at radius 2 is 1.80 bits per heavy atom. The number of amides is 1. The van der Waals surface area contributed by atoms with Crippen molar-refractivity contribution in [2.24, 2.45) is 0 Å². The Morgan fingerprint density at radius 3 is 2.47 bits per heavy atom. The lowest BCUT2D eigenvalue weighted by molar-refractivity contribution is -0.119. The number of fused-ring (bicyclic) bond motifs is 1. The predicted octanol–water partition coefficient (Wildman–Crippen LogP) is 5.52. The van der Waals surface area contributed by atoms with Crippen LogP contribution < -0.4 is 9.64 Å². The molecule has 1 aromatic heterocycles. The van der Waals surface area contributed by atoms with Crippen molar-refractivity contribution in [1.29, 1.82) is 0 Å². The van der Waals surface area contributed by atoms with Gasteiger partial charge in [-0.25, -0.2) is 4.98 Å². The van der Waals surface area contributed by atoms with Gasteiger partial charge in [-0.3, -0.25) is 9.69 Å². The van der Waals surface area contributed by atoms with Crippen molar-refractivity contribution < 1.29 is 9.53 Å². The third-order valence-corrected chi connectivity index (χ3v) is 6.10. The molecule has 162 valence electrons. The first-order chi connectivity index (χ1) is 14.1. The topological polar surface area (TPSA) is 45.7 Å². The molecule has 1 heterocycles. The Labute approximate surface area is 193 Å². The summed E-state index contributed by atoms with van der Waals surface area (Å²) in [4.78, 5) is 21.8. The summed E-state index contributed by atoms with van der Waals surface area (Å²) in [7, 11) is 0. The van der Waals surface area contributed by atoms with Crippen LogP contribution >= 0.6 is 35.3 Å². The van der Waals surface area contributed by atoms with Gasteiger partial charge < -0.3 is 9.64 Å². The van der Waals surface area contributed by atoms with Gasteiger partial charge in [0.2, 0.25) is 5.91 Å².